The van der Waals surface area contributed by atoms with Crippen molar-refractivity contribution in [2.45, 2.75) is 147 Å². The number of aryl methyl sites for hydroxylation is 2. The third-order valence-corrected chi connectivity index (χ3v) is 10.2. The molecule has 1 amide bonds. The van der Waals surface area contributed by atoms with Gasteiger partial charge < -0.3 is 24.1 Å². The first-order valence-corrected chi connectivity index (χ1v) is 21.1. The van der Waals surface area contributed by atoms with Gasteiger partial charge in [0.15, 0.2) is 6.20 Å². The maximum absolute atomic E-state index is 12.0. The molecule has 2 aromatic rings. The van der Waals surface area contributed by atoms with E-state index in [1.165, 1.54) is 82.8 Å². The summed E-state index contributed by atoms with van der Waals surface area (Å²) in [5.74, 6) is -0.000530. The zero-order chi connectivity index (χ0) is 36.3. The number of esters is 1. The average Bonchev–Trinajstić information content (AvgIpc) is 3.79. The molecule has 50 heavy (non-hydrogen) atoms. The van der Waals surface area contributed by atoms with E-state index in [1.54, 1.807) is 23.5 Å². The van der Waals surface area contributed by atoms with Crippen molar-refractivity contribution >= 4 is 33.5 Å². The summed E-state index contributed by atoms with van der Waals surface area (Å²) in [6.45, 7) is 6.92. The van der Waals surface area contributed by atoms with E-state index in [4.69, 9.17) is 14.2 Å². The van der Waals surface area contributed by atoms with E-state index >= 15 is 0 Å². The summed E-state index contributed by atoms with van der Waals surface area (Å²) in [5.41, 5.74) is 3.03. The van der Waals surface area contributed by atoms with Gasteiger partial charge >= 0.3 is 12.1 Å². The molecule has 1 aliphatic heterocycles. The molecule has 1 N–H and O–H groups in total. The number of hydrogen-bond acceptors (Lipinski definition) is 9. The fourth-order valence-corrected chi connectivity index (χ4v) is 6.78. The Labute approximate surface area is 305 Å². The number of thiazole rings is 1. The van der Waals surface area contributed by atoms with Crippen molar-refractivity contribution in [3.63, 3.8) is 0 Å². The van der Waals surface area contributed by atoms with Crippen LogP contribution in [0, 0.1) is 12.8 Å². The predicted molar refractivity (Wildman–Crippen MR) is 196 cm³/mol. The highest BCUT2D eigenvalue weighted by molar-refractivity contribution is 7.85. The second-order valence-electron chi connectivity index (χ2n) is 13.4. The van der Waals surface area contributed by atoms with E-state index in [9.17, 15) is 22.6 Å². The Morgan fingerprint density at radius 3 is 2.10 bits per heavy atom. The zero-order valence-corrected chi connectivity index (χ0v) is 32.1. The predicted octanol–water partition coefficient (Wildman–Crippen LogP) is 8.26. The highest BCUT2D eigenvalue weighted by Gasteiger charge is 2.27. The Bertz CT molecular complexity index is 1260. The summed E-state index contributed by atoms with van der Waals surface area (Å²) in [6.07, 6.45) is 22.9. The van der Waals surface area contributed by atoms with Crippen LogP contribution in [0.2, 0.25) is 0 Å². The van der Waals surface area contributed by atoms with Gasteiger partial charge in [-0.3, -0.25) is 4.79 Å². The molecule has 0 bridgehead atoms. The SMILES string of the molecule is CCCCCCCCCCCCCCCNC(=O)OC[C@H]1CO[C@H](COC(=O)CCCCC[n+]2ccsc2)C1.Cc1ccc(S(=O)(=O)[O-])cc1. The molecule has 1 aliphatic rings. The lowest BCUT2D eigenvalue weighted by atomic mass is 10.0. The molecule has 3 rings (SSSR count). The van der Waals surface area contributed by atoms with Gasteiger partial charge in [0.25, 0.3) is 0 Å². The average molecular weight is 739 g/mol. The number of aromatic nitrogens is 1. The van der Waals surface area contributed by atoms with Crippen molar-refractivity contribution < 1.29 is 41.3 Å². The summed E-state index contributed by atoms with van der Waals surface area (Å²) < 4.78 is 49.8. The fraction of sp³-hybridized carbons (Fsp3) is 0.711. The van der Waals surface area contributed by atoms with Gasteiger partial charge in [-0.1, -0.05) is 113 Å². The number of carbonyl (C=O) groups is 2. The first-order chi connectivity index (χ1) is 24.2. The van der Waals surface area contributed by atoms with Crippen molar-refractivity contribution in [3.05, 3.63) is 46.9 Å². The van der Waals surface area contributed by atoms with Crippen molar-refractivity contribution in [2.75, 3.05) is 26.4 Å². The third kappa shape index (κ3) is 22.3. The monoisotopic (exact) mass is 738 g/mol. The van der Waals surface area contributed by atoms with Crippen molar-refractivity contribution in [3.8, 4) is 0 Å². The lowest BCUT2D eigenvalue weighted by Gasteiger charge is -2.11. The van der Waals surface area contributed by atoms with E-state index in [2.05, 4.69) is 33.9 Å². The number of carbonyl (C=O) groups excluding carboxylic acids is 2. The van der Waals surface area contributed by atoms with E-state index in [1.807, 2.05) is 6.92 Å². The molecule has 0 aliphatic carbocycles. The maximum Gasteiger partial charge on any atom is 0.407 e. The van der Waals surface area contributed by atoms with E-state index in [0.717, 1.165) is 50.6 Å². The van der Waals surface area contributed by atoms with Gasteiger partial charge in [0.05, 0.1) is 29.6 Å². The molecule has 0 saturated carbocycles. The fourth-order valence-electron chi connectivity index (χ4n) is 5.68. The van der Waals surface area contributed by atoms with Gasteiger partial charge in [-0.2, -0.15) is 4.57 Å². The lowest BCUT2D eigenvalue weighted by Crippen LogP contribution is -2.29. The van der Waals surface area contributed by atoms with Crippen molar-refractivity contribution in [1.82, 2.24) is 5.32 Å². The number of ether oxygens (including phenoxy) is 3. The number of unbranched alkanes of at least 4 members (excludes halogenated alkanes) is 14. The van der Waals surface area contributed by atoms with Crippen LogP contribution in [0.25, 0.3) is 0 Å². The number of benzene rings is 1. The molecule has 10 nitrogen and oxygen atoms in total. The first-order valence-electron chi connectivity index (χ1n) is 18.8. The van der Waals surface area contributed by atoms with Gasteiger partial charge in [0, 0.05) is 25.3 Å². The van der Waals surface area contributed by atoms with Crippen LogP contribution in [0.4, 0.5) is 4.79 Å². The largest absolute Gasteiger partial charge is 0.744 e. The highest BCUT2D eigenvalue weighted by Crippen LogP contribution is 2.20. The molecule has 0 radical (unpaired) electrons. The number of nitrogens with one attached hydrogen (secondary N) is 1. The van der Waals surface area contributed by atoms with Crippen LogP contribution in [0.1, 0.15) is 128 Å². The number of rotatable bonds is 25. The summed E-state index contributed by atoms with van der Waals surface area (Å²) in [6, 6.07) is 5.78. The normalized spacial score (nSPS) is 15.7. The van der Waals surface area contributed by atoms with Crippen LogP contribution in [0.3, 0.4) is 0 Å². The van der Waals surface area contributed by atoms with Crippen molar-refractivity contribution in [1.29, 1.82) is 0 Å². The molecule has 1 saturated heterocycles. The number of alkyl carbamates (subject to hydrolysis) is 1. The van der Waals surface area contributed by atoms with Crippen LogP contribution in [0.15, 0.2) is 46.2 Å². The van der Waals surface area contributed by atoms with E-state index in [-0.39, 0.29) is 35.6 Å². The Morgan fingerprint density at radius 2 is 1.50 bits per heavy atom. The second kappa shape index (κ2) is 27.2. The topological polar surface area (TPSA) is 135 Å². The molecular weight excluding hydrogens is 677 g/mol. The van der Waals surface area contributed by atoms with Crippen LogP contribution in [-0.4, -0.2) is 57.5 Å². The maximum atomic E-state index is 12.0. The quantitative estimate of drug-likeness (QED) is 0.0466. The lowest BCUT2D eigenvalue weighted by molar-refractivity contribution is -0.692. The Kier molecular flexibility index (Phi) is 23.7. The molecule has 1 aromatic heterocycles. The van der Waals surface area contributed by atoms with Gasteiger partial charge in [0.1, 0.15) is 23.3 Å². The summed E-state index contributed by atoms with van der Waals surface area (Å²) in [7, 11) is -4.27. The third-order valence-electron chi connectivity index (χ3n) is 8.73. The van der Waals surface area contributed by atoms with Gasteiger partial charge in [-0.05, 0) is 44.7 Å². The van der Waals surface area contributed by atoms with Gasteiger partial charge in [0.2, 0.25) is 5.51 Å². The van der Waals surface area contributed by atoms with Gasteiger partial charge in [-0.15, -0.1) is 0 Å². The molecule has 1 aromatic carbocycles. The summed E-state index contributed by atoms with van der Waals surface area (Å²) >= 11 is 1.69. The highest BCUT2D eigenvalue weighted by atomic mass is 32.2. The molecule has 0 unspecified atom stereocenters. The smallest absolute Gasteiger partial charge is 0.407 e. The molecule has 12 heteroatoms. The molecule has 0 spiro atoms. The van der Waals surface area contributed by atoms with E-state index in [0.29, 0.717) is 26.2 Å². The van der Waals surface area contributed by atoms with E-state index < -0.39 is 10.1 Å². The zero-order valence-electron chi connectivity index (χ0n) is 30.5. The second-order valence-corrected chi connectivity index (χ2v) is 15.5. The van der Waals surface area contributed by atoms with Crippen LogP contribution >= 0.6 is 11.3 Å². The van der Waals surface area contributed by atoms with Crippen LogP contribution in [-0.2, 0) is 35.7 Å². The minimum atomic E-state index is -4.27. The minimum Gasteiger partial charge on any atom is -0.744 e. The van der Waals surface area contributed by atoms with Crippen LogP contribution in [0.5, 0.6) is 0 Å². The first kappa shape index (κ1) is 43.6. The minimum absolute atomic E-state index is 0.105. The number of amides is 1. The molecule has 1 fully saturated rings. The Balaban J connectivity index is 0.000000666. The Morgan fingerprint density at radius 1 is 0.880 bits per heavy atom. The van der Waals surface area contributed by atoms with Gasteiger partial charge in [-0.25, -0.2) is 13.2 Å². The Hall–Kier alpha value is -2.54. The number of nitrogens with zero attached hydrogens (tertiary/aromatic N) is 1. The molecule has 2 heterocycles. The number of hydrogen-bond donors (Lipinski definition) is 1. The van der Waals surface area contributed by atoms with Crippen LogP contribution < -0.4 is 9.88 Å². The molecule has 2 atom stereocenters. The summed E-state index contributed by atoms with van der Waals surface area (Å²) in [4.78, 5) is 23.8. The van der Waals surface area contributed by atoms with Crippen molar-refractivity contribution in [2.24, 2.45) is 5.92 Å². The molecule has 284 valence electrons. The summed E-state index contributed by atoms with van der Waals surface area (Å²) in [5, 5.41) is 4.93. The molecular formula is C38H62N2O8S2. The standard InChI is InChI=1S/C31H54N2O5S.C7H8O3S/c1-2-3-4-5-6-7-8-9-10-11-12-13-16-19-32-31(35)38-25-28-23-29(36-24-28)26-37-30(34)18-15-14-17-20-33-21-22-39-27-33;1-6-2-4-7(5-3-6)11(8,9)10/h21-22,27-29H,2-20,23-26H2,1H3;2-5H,1H3,(H,8,9,10)/t28-,29+;/m1./s1.